The standard InChI is InChI=1S/C17H19N3/c1-4-20-15-9-8-11(2)10-14(15)19-17(20)16-12(3)6-5-7-13(16)18/h5-10H,4,18H2,1-3H3. The highest BCUT2D eigenvalue weighted by molar-refractivity contribution is 5.85. The summed E-state index contributed by atoms with van der Waals surface area (Å²) in [5.41, 5.74) is 12.6. The summed E-state index contributed by atoms with van der Waals surface area (Å²) >= 11 is 0. The van der Waals surface area contributed by atoms with Gasteiger partial charge in [0.2, 0.25) is 0 Å². The highest BCUT2D eigenvalue weighted by atomic mass is 15.1. The summed E-state index contributed by atoms with van der Waals surface area (Å²) in [6, 6.07) is 12.4. The van der Waals surface area contributed by atoms with Crippen LogP contribution in [-0.4, -0.2) is 9.55 Å². The molecule has 0 saturated carbocycles. The van der Waals surface area contributed by atoms with Crippen LogP contribution in [0.5, 0.6) is 0 Å². The summed E-state index contributed by atoms with van der Waals surface area (Å²) in [7, 11) is 0. The molecule has 3 heteroatoms. The number of aromatic nitrogens is 2. The molecule has 0 aliphatic heterocycles. The first-order valence-electron chi connectivity index (χ1n) is 6.94. The van der Waals surface area contributed by atoms with Crippen molar-refractivity contribution < 1.29 is 0 Å². The molecule has 0 unspecified atom stereocenters. The van der Waals surface area contributed by atoms with Gasteiger partial charge in [-0.3, -0.25) is 0 Å². The smallest absolute Gasteiger partial charge is 0.143 e. The monoisotopic (exact) mass is 265 g/mol. The first kappa shape index (κ1) is 12.7. The molecule has 0 aliphatic carbocycles. The van der Waals surface area contributed by atoms with E-state index in [4.69, 9.17) is 10.7 Å². The van der Waals surface area contributed by atoms with Crippen LogP contribution in [0.1, 0.15) is 18.1 Å². The number of fused-ring (bicyclic) bond motifs is 1. The van der Waals surface area contributed by atoms with E-state index in [0.29, 0.717) is 0 Å². The molecule has 0 aliphatic rings. The number of benzene rings is 2. The molecule has 1 aromatic heterocycles. The van der Waals surface area contributed by atoms with Crippen molar-refractivity contribution in [3.8, 4) is 11.4 Å². The number of aryl methyl sites for hydroxylation is 3. The van der Waals surface area contributed by atoms with E-state index in [1.165, 1.54) is 5.56 Å². The van der Waals surface area contributed by atoms with E-state index in [1.54, 1.807) is 0 Å². The Morgan fingerprint density at radius 2 is 1.95 bits per heavy atom. The molecule has 3 nitrogen and oxygen atoms in total. The molecule has 3 rings (SSSR count). The van der Waals surface area contributed by atoms with Crippen LogP contribution >= 0.6 is 0 Å². The van der Waals surface area contributed by atoms with E-state index < -0.39 is 0 Å². The van der Waals surface area contributed by atoms with Crippen molar-refractivity contribution >= 4 is 16.7 Å². The van der Waals surface area contributed by atoms with Crippen LogP contribution in [0.25, 0.3) is 22.4 Å². The summed E-state index contributed by atoms with van der Waals surface area (Å²) in [4.78, 5) is 4.82. The van der Waals surface area contributed by atoms with E-state index in [1.807, 2.05) is 12.1 Å². The maximum absolute atomic E-state index is 6.18. The first-order valence-corrected chi connectivity index (χ1v) is 6.94. The quantitative estimate of drug-likeness (QED) is 0.714. The van der Waals surface area contributed by atoms with Gasteiger partial charge in [-0.2, -0.15) is 0 Å². The third kappa shape index (κ3) is 1.86. The summed E-state index contributed by atoms with van der Waals surface area (Å²) in [5, 5.41) is 0. The number of nitrogens with zero attached hydrogens (tertiary/aromatic N) is 2. The summed E-state index contributed by atoms with van der Waals surface area (Å²) in [5.74, 6) is 0.962. The minimum absolute atomic E-state index is 0.784. The van der Waals surface area contributed by atoms with E-state index in [2.05, 4.69) is 49.6 Å². The average molecular weight is 265 g/mol. The number of nitrogen functional groups attached to an aromatic ring is 1. The van der Waals surface area contributed by atoms with Gasteiger partial charge in [0.1, 0.15) is 5.82 Å². The van der Waals surface area contributed by atoms with Crippen LogP contribution in [0.4, 0.5) is 5.69 Å². The predicted molar refractivity (Wildman–Crippen MR) is 84.7 cm³/mol. The van der Waals surface area contributed by atoms with Gasteiger partial charge in [-0.05, 0) is 50.1 Å². The third-order valence-electron chi connectivity index (χ3n) is 3.75. The van der Waals surface area contributed by atoms with Crippen molar-refractivity contribution in [2.75, 3.05) is 5.73 Å². The maximum atomic E-state index is 6.18. The predicted octanol–water partition coefficient (Wildman–Crippen LogP) is 3.92. The number of rotatable bonds is 2. The van der Waals surface area contributed by atoms with Gasteiger partial charge in [0.15, 0.2) is 0 Å². The van der Waals surface area contributed by atoms with Crippen molar-refractivity contribution in [1.82, 2.24) is 9.55 Å². The Morgan fingerprint density at radius 1 is 1.15 bits per heavy atom. The largest absolute Gasteiger partial charge is 0.398 e. The lowest BCUT2D eigenvalue weighted by molar-refractivity contribution is 0.796. The molecular weight excluding hydrogens is 246 g/mol. The molecule has 3 aromatic rings. The lowest BCUT2D eigenvalue weighted by Gasteiger charge is -2.11. The van der Waals surface area contributed by atoms with Gasteiger partial charge >= 0.3 is 0 Å². The van der Waals surface area contributed by atoms with Crippen molar-refractivity contribution in [3.63, 3.8) is 0 Å². The van der Waals surface area contributed by atoms with Gasteiger partial charge in [-0.15, -0.1) is 0 Å². The van der Waals surface area contributed by atoms with Crippen LogP contribution in [0.15, 0.2) is 36.4 Å². The molecule has 0 spiro atoms. The molecule has 2 N–H and O–H groups in total. The molecule has 0 amide bonds. The van der Waals surface area contributed by atoms with Crippen molar-refractivity contribution in [2.24, 2.45) is 0 Å². The average Bonchev–Trinajstić information content (AvgIpc) is 2.75. The molecular formula is C17H19N3. The normalized spacial score (nSPS) is 11.2. The van der Waals surface area contributed by atoms with E-state index >= 15 is 0 Å². The van der Waals surface area contributed by atoms with Crippen LogP contribution in [0.3, 0.4) is 0 Å². The van der Waals surface area contributed by atoms with E-state index in [0.717, 1.165) is 40.2 Å². The topological polar surface area (TPSA) is 43.8 Å². The number of hydrogen-bond acceptors (Lipinski definition) is 2. The zero-order valence-corrected chi connectivity index (χ0v) is 12.1. The minimum Gasteiger partial charge on any atom is -0.398 e. The van der Waals surface area contributed by atoms with E-state index in [-0.39, 0.29) is 0 Å². The fraction of sp³-hybridized carbons (Fsp3) is 0.235. The Balaban J connectivity index is 2.36. The number of hydrogen-bond donors (Lipinski definition) is 1. The van der Waals surface area contributed by atoms with Crippen LogP contribution in [0.2, 0.25) is 0 Å². The van der Waals surface area contributed by atoms with Crippen molar-refractivity contribution in [2.45, 2.75) is 27.3 Å². The molecule has 2 aromatic carbocycles. The van der Waals surface area contributed by atoms with Gasteiger partial charge in [-0.1, -0.05) is 18.2 Å². The Labute approximate surface area is 119 Å². The molecule has 0 bridgehead atoms. The molecule has 0 saturated heterocycles. The zero-order chi connectivity index (χ0) is 14.3. The second-order valence-electron chi connectivity index (χ2n) is 5.21. The second-order valence-corrected chi connectivity index (χ2v) is 5.21. The summed E-state index contributed by atoms with van der Waals surface area (Å²) in [6.07, 6.45) is 0. The molecule has 102 valence electrons. The van der Waals surface area contributed by atoms with Crippen molar-refractivity contribution in [1.29, 1.82) is 0 Å². The van der Waals surface area contributed by atoms with Gasteiger partial charge in [0.25, 0.3) is 0 Å². The number of nitrogens with two attached hydrogens (primary N) is 1. The minimum atomic E-state index is 0.784. The van der Waals surface area contributed by atoms with Crippen LogP contribution in [-0.2, 0) is 6.54 Å². The van der Waals surface area contributed by atoms with Crippen LogP contribution in [0, 0.1) is 13.8 Å². The van der Waals surface area contributed by atoms with Gasteiger partial charge in [-0.25, -0.2) is 4.98 Å². The lowest BCUT2D eigenvalue weighted by Crippen LogP contribution is -2.01. The van der Waals surface area contributed by atoms with Gasteiger partial charge in [0.05, 0.1) is 11.0 Å². The Hall–Kier alpha value is -2.29. The fourth-order valence-corrected chi connectivity index (χ4v) is 2.75. The Bertz CT molecular complexity index is 764. The van der Waals surface area contributed by atoms with Crippen LogP contribution < -0.4 is 5.73 Å². The molecule has 20 heavy (non-hydrogen) atoms. The van der Waals surface area contributed by atoms with Gasteiger partial charge in [0, 0.05) is 17.8 Å². The van der Waals surface area contributed by atoms with Gasteiger partial charge < -0.3 is 10.3 Å². The molecule has 1 heterocycles. The second kappa shape index (κ2) is 4.67. The number of anilines is 1. The Morgan fingerprint density at radius 3 is 2.65 bits per heavy atom. The zero-order valence-electron chi connectivity index (χ0n) is 12.1. The third-order valence-corrected chi connectivity index (χ3v) is 3.75. The summed E-state index contributed by atoms with van der Waals surface area (Å²) in [6.45, 7) is 7.18. The van der Waals surface area contributed by atoms with E-state index in [9.17, 15) is 0 Å². The lowest BCUT2D eigenvalue weighted by atomic mass is 10.1. The highest BCUT2D eigenvalue weighted by Crippen LogP contribution is 2.31. The Kier molecular flexibility index (Phi) is 2.97. The SMILES string of the molecule is CCn1c(-c2c(C)cccc2N)nc2cc(C)ccc21. The molecule has 0 radical (unpaired) electrons. The summed E-state index contributed by atoms with van der Waals surface area (Å²) < 4.78 is 2.23. The highest BCUT2D eigenvalue weighted by Gasteiger charge is 2.15. The molecule has 0 fully saturated rings. The van der Waals surface area contributed by atoms with Crippen molar-refractivity contribution in [3.05, 3.63) is 47.5 Å². The molecule has 0 atom stereocenters. The maximum Gasteiger partial charge on any atom is 0.143 e. The first-order chi connectivity index (χ1) is 9.61. The number of imidazole rings is 1. The fourth-order valence-electron chi connectivity index (χ4n) is 2.75.